The number of hydrogen-bond acceptors (Lipinski definition) is 21. The van der Waals surface area contributed by atoms with Crippen LogP contribution in [0.3, 0.4) is 0 Å². The third-order valence-corrected chi connectivity index (χ3v) is 32.7. The zero-order valence-corrected chi connectivity index (χ0v) is 67.5. The molecule has 0 N–H and O–H groups in total. The molecule has 10 rings (SSSR count). The third-order valence-electron chi connectivity index (χ3n) is 21.1. The van der Waals surface area contributed by atoms with Gasteiger partial charge in [-0.05, 0) is 44.6 Å². The van der Waals surface area contributed by atoms with Gasteiger partial charge < -0.3 is 32.8 Å². The first-order valence-corrected chi connectivity index (χ1v) is 42.3. The predicted octanol–water partition coefficient (Wildman–Crippen LogP) is 11.2. The van der Waals surface area contributed by atoms with E-state index >= 15 is 0 Å². The first-order chi connectivity index (χ1) is 52.7. The van der Waals surface area contributed by atoms with Crippen LogP contribution < -0.4 is 20.7 Å². The summed E-state index contributed by atoms with van der Waals surface area (Å²) >= 11 is 0. The van der Waals surface area contributed by atoms with Crippen molar-refractivity contribution in [2.45, 2.75) is 205 Å². The third kappa shape index (κ3) is 19.8. The van der Waals surface area contributed by atoms with E-state index in [0.717, 1.165) is 26.3 Å². The number of azide groups is 2. The number of carbonyl (C=O) groups is 4. The first kappa shape index (κ1) is 84.7. The molecule has 21 atom stereocenters. The van der Waals surface area contributed by atoms with E-state index in [9.17, 15) is 34.9 Å². The van der Waals surface area contributed by atoms with Crippen molar-refractivity contribution in [1.29, 1.82) is 0 Å². The van der Waals surface area contributed by atoms with Crippen molar-refractivity contribution in [2.24, 2.45) is 33.9 Å². The Bertz CT molecular complexity index is 4010. The molecule has 30 heteroatoms. The van der Waals surface area contributed by atoms with Gasteiger partial charge in [0, 0.05) is 24.7 Å². The van der Waals surface area contributed by atoms with Gasteiger partial charge in [0.05, 0.1) is 25.4 Å². The van der Waals surface area contributed by atoms with Gasteiger partial charge in [-0.25, -0.2) is 0 Å². The Balaban J connectivity index is 1.08. The summed E-state index contributed by atoms with van der Waals surface area (Å²) in [6, 6.07) is 55.6. The normalized spacial score (nSPS) is 28.6. The number of ether oxygens (including phenoxy) is 12. The van der Waals surface area contributed by atoms with Crippen LogP contribution in [0.5, 0.6) is 0 Å². The fraction of sp³-hybridized carbons (Fsp3) is 0.500. The Morgan fingerprint density at radius 3 is 1.33 bits per heavy atom. The van der Waals surface area contributed by atoms with Crippen molar-refractivity contribution in [3.63, 3.8) is 0 Å². The van der Waals surface area contributed by atoms with Crippen LogP contribution in [0.1, 0.15) is 106 Å². The van der Waals surface area contributed by atoms with Crippen molar-refractivity contribution < 1.29 is 89.6 Å². The molecule has 10 unspecified atom stereocenters. The number of hydrogen-bond donors (Lipinski definition) is 0. The maximum atomic E-state index is 15.0. The van der Waals surface area contributed by atoms with Gasteiger partial charge in [-0.1, -0.05) is 149 Å². The quantitative estimate of drug-likeness (QED) is 0.00742. The SMILES string of the molecule is CC(=O)OCC1O[C@@H](O[C@@H]2C(CO[Si](c3ccccc3)(c3ccccc3)C(C)(C)C)O[C@H](O[C@@H]3C(COC(C)=O)OC(OC(C)=O)C(C)[C@@H]3OCc3ccccc3)C(N=[N+]=[N-])[C@H]2C)C(OC(=O)c2ccccc2)[C@@H](C)[C@@H]1O[C@H]1OC(CO[Si](c2ccccc2)(c2ccccc2)C(C)(C)C)[C@@H](C)[C@H](P[B]B=O)C1N=[N+]=[N-]. The summed E-state index contributed by atoms with van der Waals surface area (Å²) < 4.78 is 109. The van der Waals surface area contributed by atoms with Gasteiger partial charge in [-0.2, -0.15) is 0 Å². The molecular weight excluding hydrogens is 1460 g/mol. The average Bonchev–Trinajstić information content (AvgIpc) is 0.721. The van der Waals surface area contributed by atoms with Crippen LogP contribution in [0.4, 0.5) is 0 Å². The monoisotopic (exact) mass is 1560 g/mol. The van der Waals surface area contributed by atoms with Crippen molar-refractivity contribution in [3.8, 4) is 0 Å². The van der Waals surface area contributed by atoms with Crippen molar-refractivity contribution >= 4 is 83.6 Å². The topological polar surface area (TPSA) is 312 Å². The van der Waals surface area contributed by atoms with E-state index in [0.29, 0.717) is 7.04 Å². The van der Waals surface area contributed by atoms with E-state index in [-0.39, 0.29) is 33.8 Å². The fourth-order valence-electron chi connectivity index (χ4n) is 15.7. The number of esters is 4. The molecule has 0 spiro atoms. The minimum absolute atomic E-state index is 0.0348. The van der Waals surface area contributed by atoms with E-state index in [1.165, 1.54) is 27.7 Å². The minimum atomic E-state index is -3.51. The molecule has 4 aliphatic heterocycles. The molecule has 1 radical (unpaired) electrons. The second-order valence-corrected chi connectivity index (χ2v) is 40.4. The zero-order chi connectivity index (χ0) is 78.9. The Morgan fingerprint density at radius 1 is 0.455 bits per heavy atom. The molecule has 0 bridgehead atoms. The molecule has 110 heavy (non-hydrogen) atoms. The van der Waals surface area contributed by atoms with Crippen molar-refractivity contribution in [3.05, 3.63) is 214 Å². The van der Waals surface area contributed by atoms with Gasteiger partial charge in [0.15, 0.2) is 6.29 Å². The molecule has 4 aliphatic rings. The summed E-state index contributed by atoms with van der Waals surface area (Å²) in [6.45, 7) is 24.4. The van der Waals surface area contributed by atoms with Crippen LogP contribution in [-0.4, -0.2) is 179 Å². The molecule has 0 saturated carbocycles. The molecule has 4 fully saturated rings. The van der Waals surface area contributed by atoms with Crippen LogP contribution in [-0.2, 0) is 91.4 Å². The molecule has 0 amide bonds. The van der Waals surface area contributed by atoms with Gasteiger partial charge >= 0.3 is 320 Å². The second kappa shape index (κ2) is 38.6. The van der Waals surface area contributed by atoms with E-state index in [1.807, 2.05) is 134 Å². The maximum absolute atomic E-state index is 15.0. The summed E-state index contributed by atoms with van der Waals surface area (Å²) in [6.07, 6.45) is -16.2. The summed E-state index contributed by atoms with van der Waals surface area (Å²) in [7, 11) is -6.21. The van der Waals surface area contributed by atoms with E-state index in [4.69, 9.17) is 65.7 Å². The summed E-state index contributed by atoms with van der Waals surface area (Å²) in [5, 5.41) is 11.7. The molecule has 4 saturated heterocycles. The molecule has 583 valence electrons. The Labute approximate surface area is 648 Å². The predicted molar refractivity (Wildman–Crippen MR) is 419 cm³/mol. The van der Waals surface area contributed by atoms with Gasteiger partial charge in [-0.3, -0.25) is 9.59 Å². The Morgan fingerprint density at radius 2 is 0.855 bits per heavy atom. The number of rotatable bonds is 31. The van der Waals surface area contributed by atoms with E-state index < -0.39 is 185 Å². The molecule has 6 aromatic carbocycles. The van der Waals surface area contributed by atoms with Gasteiger partial charge in [0.2, 0.25) is 6.29 Å². The summed E-state index contributed by atoms with van der Waals surface area (Å²) in [4.78, 5) is 60.4. The molecular formula is C80H100B2N6O19PSi2. The van der Waals surface area contributed by atoms with Crippen LogP contribution in [0.25, 0.3) is 20.9 Å². The molecule has 6 aromatic rings. The average molecular weight is 1560 g/mol. The Kier molecular flexibility index (Phi) is 29.7. The van der Waals surface area contributed by atoms with Crippen LogP contribution in [0.2, 0.25) is 10.1 Å². The Hall–Kier alpha value is -7.79. The van der Waals surface area contributed by atoms with Crippen LogP contribution in [0.15, 0.2) is 192 Å². The standard InChI is InChI=1S/C80H100B2N6O19PSi2/c1-49-62(47-97-109(79(8,9)10,58-36-24-16-25-37-58)59-38-26-17-27-39-59)100-77(67(86-88-84)73(49)108-82-81-93)105-69-51(3)71(104-74(92)57-34-22-15-23-35-57)78(103-63(69)45-94-53(5)89)106-68-50(2)66(85-87-83)76(102-65(68)48-98-110(80(11,12)13,60-40-28-18-29-41-60)61-42-30-19-31-43-61)107-72-64(46-95-54(6)90)101-75(99-55(7)91)52(4)70(72)96-44-56-32-20-14-21-33-56/h14-43,49-52,62-73,75-78,108H,44-48H2,1-13H3/t49-,50-,51+,52?,62?,63?,64?,65?,66?,67?,68+,69+,70+,71?,72-,73+,75?,76-,77-,78+/m1/s1. The van der Waals surface area contributed by atoms with Crippen molar-refractivity contribution in [2.75, 3.05) is 26.4 Å². The summed E-state index contributed by atoms with van der Waals surface area (Å²) in [5.74, 6) is -5.80. The van der Waals surface area contributed by atoms with Crippen molar-refractivity contribution in [1.82, 2.24) is 0 Å². The number of carbonyl (C=O) groups excluding carboxylic acids is 4. The molecule has 0 aromatic heterocycles. The summed E-state index contributed by atoms with van der Waals surface area (Å²) in [5.41, 5.74) is 21.7. The van der Waals surface area contributed by atoms with Gasteiger partial charge in [-0.15, -0.1) is 0 Å². The van der Waals surface area contributed by atoms with Crippen LogP contribution in [0, 0.1) is 23.7 Å². The zero-order valence-electron chi connectivity index (χ0n) is 64.5. The second-order valence-electron chi connectivity index (χ2n) is 30.5. The fourth-order valence-corrected chi connectivity index (χ4v) is 26.1. The number of nitrogens with zero attached hydrogens (tertiary/aromatic N) is 6. The molecule has 25 nitrogen and oxygen atoms in total. The first-order valence-electron chi connectivity index (χ1n) is 37.3. The van der Waals surface area contributed by atoms with E-state index in [1.54, 1.807) is 51.1 Å². The molecule has 4 heterocycles. The number of benzene rings is 6. The van der Waals surface area contributed by atoms with Gasteiger partial charge in [0.1, 0.15) is 24.9 Å². The van der Waals surface area contributed by atoms with Gasteiger partial charge in [0.25, 0.3) is 8.32 Å². The van der Waals surface area contributed by atoms with Crippen LogP contribution >= 0.6 is 8.46 Å². The molecule has 0 aliphatic carbocycles. The van der Waals surface area contributed by atoms with E-state index in [2.05, 4.69) is 85.9 Å².